The van der Waals surface area contributed by atoms with Crippen LogP contribution >= 0.6 is 0 Å². The predicted octanol–water partition coefficient (Wildman–Crippen LogP) is 1.12. The van der Waals surface area contributed by atoms with Gasteiger partial charge in [-0.1, -0.05) is 18.8 Å². The third-order valence-corrected chi connectivity index (χ3v) is 3.90. The summed E-state index contributed by atoms with van der Waals surface area (Å²) < 4.78 is 0. The van der Waals surface area contributed by atoms with Gasteiger partial charge in [-0.2, -0.15) is 0 Å². The van der Waals surface area contributed by atoms with Crippen molar-refractivity contribution >= 4 is 0 Å². The summed E-state index contributed by atoms with van der Waals surface area (Å²) in [4.78, 5) is 0. The van der Waals surface area contributed by atoms with E-state index in [0.29, 0.717) is 0 Å². The molecule has 3 unspecified atom stereocenters. The molecule has 0 aromatic carbocycles. The van der Waals surface area contributed by atoms with Crippen molar-refractivity contribution in [3.8, 4) is 11.8 Å². The van der Waals surface area contributed by atoms with Crippen molar-refractivity contribution < 1.29 is 0 Å². The Kier molecular flexibility index (Phi) is 2.80. The number of hydrogen-bond donors (Lipinski definition) is 2. The molecule has 0 saturated heterocycles. The third-order valence-electron chi connectivity index (χ3n) is 3.90. The molecular weight excluding hydrogens is 172 g/mol. The average Bonchev–Trinajstić information content (AvgIpc) is 2.98. The van der Waals surface area contributed by atoms with Gasteiger partial charge >= 0.3 is 0 Å². The molecule has 0 radical (unpaired) electrons. The number of hydrogen-bond acceptors (Lipinski definition) is 2. The molecule has 0 aliphatic heterocycles. The van der Waals surface area contributed by atoms with E-state index >= 15 is 0 Å². The molecule has 0 heterocycles. The molecule has 2 heteroatoms. The van der Waals surface area contributed by atoms with Gasteiger partial charge < -0.3 is 5.73 Å². The zero-order chi connectivity index (χ0) is 10.0. The van der Waals surface area contributed by atoms with E-state index in [1.165, 1.54) is 25.7 Å². The molecule has 2 aliphatic rings. The highest BCUT2D eigenvalue weighted by atomic mass is 15.0. The van der Waals surface area contributed by atoms with Crippen LogP contribution in [0.15, 0.2) is 0 Å². The average molecular weight is 192 g/mol. The fourth-order valence-electron chi connectivity index (χ4n) is 2.96. The van der Waals surface area contributed by atoms with Crippen LogP contribution in [0.1, 0.15) is 32.6 Å². The highest BCUT2D eigenvalue weighted by Crippen LogP contribution is 2.54. The monoisotopic (exact) mass is 192 g/mol. The Morgan fingerprint density at radius 1 is 1.57 bits per heavy atom. The van der Waals surface area contributed by atoms with Gasteiger partial charge in [0, 0.05) is 12.1 Å². The van der Waals surface area contributed by atoms with E-state index in [4.69, 9.17) is 5.73 Å². The number of fused-ring (bicyclic) bond motifs is 1. The van der Waals surface area contributed by atoms with Crippen molar-refractivity contribution in [2.24, 2.45) is 17.6 Å². The zero-order valence-corrected chi connectivity index (χ0v) is 8.97. The zero-order valence-electron chi connectivity index (χ0n) is 8.97. The van der Waals surface area contributed by atoms with Crippen LogP contribution in [0.4, 0.5) is 0 Å². The van der Waals surface area contributed by atoms with E-state index in [1.807, 2.05) is 6.92 Å². The van der Waals surface area contributed by atoms with Gasteiger partial charge in [0.1, 0.15) is 0 Å². The quantitative estimate of drug-likeness (QED) is 0.658. The summed E-state index contributed by atoms with van der Waals surface area (Å²) in [5.74, 6) is 7.81. The predicted molar refractivity (Wildman–Crippen MR) is 58.7 cm³/mol. The van der Waals surface area contributed by atoms with Gasteiger partial charge in [0.05, 0.1) is 6.54 Å². The smallest absolute Gasteiger partial charge is 0.0581 e. The molecule has 2 saturated carbocycles. The minimum Gasteiger partial charge on any atom is -0.329 e. The van der Waals surface area contributed by atoms with Crippen LogP contribution in [0.2, 0.25) is 0 Å². The Morgan fingerprint density at radius 2 is 2.43 bits per heavy atom. The first-order chi connectivity index (χ1) is 6.82. The normalized spacial score (nSPS) is 39.6. The van der Waals surface area contributed by atoms with Crippen LogP contribution in [0.5, 0.6) is 0 Å². The van der Waals surface area contributed by atoms with Crippen LogP contribution in [0, 0.1) is 23.7 Å². The molecule has 0 spiro atoms. The van der Waals surface area contributed by atoms with Gasteiger partial charge in [-0.25, -0.2) is 0 Å². The maximum Gasteiger partial charge on any atom is 0.0581 e. The van der Waals surface area contributed by atoms with Gasteiger partial charge in [0.2, 0.25) is 0 Å². The molecule has 0 amide bonds. The molecule has 2 aliphatic carbocycles. The van der Waals surface area contributed by atoms with E-state index < -0.39 is 0 Å². The summed E-state index contributed by atoms with van der Waals surface area (Å²) in [6.07, 6.45) is 5.40. The van der Waals surface area contributed by atoms with E-state index in [9.17, 15) is 0 Å². The lowest BCUT2D eigenvalue weighted by atomic mass is 9.81. The van der Waals surface area contributed by atoms with E-state index in [2.05, 4.69) is 17.2 Å². The molecule has 3 atom stereocenters. The maximum absolute atomic E-state index is 5.93. The minimum absolute atomic E-state index is 0.229. The molecule has 78 valence electrons. The van der Waals surface area contributed by atoms with Crippen molar-refractivity contribution in [2.75, 3.05) is 13.1 Å². The Balaban J connectivity index is 1.96. The van der Waals surface area contributed by atoms with Crippen molar-refractivity contribution in [1.82, 2.24) is 5.32 Å². The second kappa shape index (κ2) is 3.92. The van der Waals surface area contributed by atoms with Gasteiger partial charge in [0.15, 0.2) is 0 Å². The van der Waals surface area contributed by atoms with E-state index in [1.54, 1.807) is 0 Å². The summed E-state index contributed by atoms with van der Waals surface area (Å²) in [7, 11) is 0. The van der Waals surface area contributed by atoms with Crippen molar-refractivity contribution in [2.45, 2.75) is 38.1 Å². The largest absolute Gasteiger partial charge is 0.329 e. The molecular formula is C12H20N2. The number of nitrogens with two attached hydrogens (primary N) is 1. The second-order valence-electron chi connectivity index (χ2n) is 4.64. The fraction of sp³-hybridized carbons (Fsp3) is 0.833. The molecule has 2 nitrogen and oxygen atoms in total. The lowest BCUT2D eigenvalue weighted by molar-refractivity contribution is 0.228. The number of nitrogens with one attached hydrogen (secondary N) is 1. The summed E-state index contributed by atoms with van der Waals surface area (Å²) in [5.41, 5.74) is 6.16. The molecule has 2 fully saturated rings. The molecule has 0 aromatic heterocycles. The molecule has 0 bridgehead atoms. The summed E-state index contributed by atoms with van der Waals surface area (Å²) in [6, 6.07) is 0. The fourth-order valence-corrected chi connectivity index (χ4v) is 2.96. The Labute approximate surface area is 86.6 Å². The lowest BCUT2D eigenvalue weighted by Crippen LogP contribution is -2.54. The van der Waals surface area contributed by atoms with Crippen LogP contribution in [0.3, 0.4) is 0 Å². The first kappa shape index (κ1) is 10.0. The first-order valence-electron chi connectivity index (χ1n) is 5.67. The second-order valence-corrected chi connectivity index (χ2v) is 4.64. The summed E-state index contributed by atoms with van der Waals surface area (Å²) in [5, 5.41) is 3.58. The van der Waals surface area contributed by atoms with Gasteiger partial charge in [-0.05, 0) is 31.6 Å². The molecule has 2 rings (SSSR count). The third kappa shape index (κ3) is 1.67. The first-order valence-corrected chi connectivity index (χ1v) is 5.67. The van der Waals surface area contributed by atoms with Crippen LogP contribution < -0.4 is 11.1 Å². The van der Waals surface area contributed by atoms with Gasteiger partial charge in [-0.3, -0.25) is 5.32 Å². The Hall–Kier alpha value is -0.520. The molecule has 3 N–H and O–H groups in total. The van der Waals surface area contributed by atoms with Crippen LogP contribution in [-0.2, 0) is 0 Å². The molecule has 14 heavy (non-hydrogen) atoms. The lowest BCUT2D eigenvalue weighted by Gasteiger charge is -2.37. The highest BCUT2D eigenvalue weighted by Gasteiger charge is 2.53. The minimum atomic E-state index is 0.229. The Bertz CT molecular complexity index is 263. The summed E-state index contributed by atoms with van der Waals surface area (Å²) in [6.45, 7) is 3.47. The topological polar surface area (TPSA) is 38.0 Å². The van der Waals surface area contributed by atoms with Gasteiger partial charge in [0.25, 0.3) is 0 Å². The van der Waals surface area contributed by atoms with Crippen molar-refractivity contribution in [3.63, 3.8) is 0 Å². The number of rotatable bonds is 3. The summed E-state index contributed by atoms with van der Waals surface area (Å²) >= 11 is 0. The Morgan fingerprint density at radius 3 is 3.14 bits per heavy atom. The SMILES string of the molecule is CC#CCNC1(CN)CCCC2CC21. The highest BCUT2D eigenvalue weighted by molar-refractivity contribution is 5.11. The van der Waals surface area contributed by atoms with E-state index in [-0.39, 0.29) is 5.54 Å². The van der Waals surface area contributed by atoms with Crippen molar-refractivity contribution in [1.29, 1.82) is 0 Å². The van der Waals surface area contributed by atoms with Crippen LogP contribution in [-0.4, -0.2) is 18.6 Å². The van der Waals surface area contributed by atoms with Gasteiger partial charge in [-0.15, -0.1) is 5.92 Å². The molecule has 0 aromatic rings. The standard InChI is InChI=1S/C12H20N2/c1-2-3-7-14-12(9-13)6-4-5-10-8-11(10)12/h10-11,14H,4-9,13H2,1H3. The maximum atomic E-state index is 5.93. The van der Waals surface area contributed by atoms with Crippen LogP contribution in [0.25, 0.3) is 0 Å². The van der Waals surface area contributed by atoms with Crippen molar-refractivity contribution in [3.05, 3.63) is 0 Å². The van der Waals surface area contributed by atoms with E-state index in [0.717, 1.165) is 24.9 Å².